The highest BCUT2D eigenvalue weighted by molar-refractivity contribution is 7.41. The third-order valence-electron chi connectivity index (χ3n) is 5.69. The van der Waals surface area contributed by atoms with Gasteiger partial charge in [0, 0.05) is 24.2 Å². The Kier molecular flexibility index (Phi) is 11.8. The van der Waals surface area contributed by atoms with Crippen molar-refractivity contribution >= 4 is 15.9 Å². The van der Waals surface area contributed by atoms with E-state index >= 15 is 0 Å². The minimum Gasteiger partial charge on any atom is -0.240 e. The average Bonchev–Trinajstić information content (AvgIpc) is 2.48. The summed E-state index contributed by atoms with van der Waals surface area (Å²) >= 11 is 0. The van der Waals surface area contributed by atoms with E-state index in [4.69, 9.17) is 9.89 Å². The lowest BCUT2D eigenvalue weighted by molar-refractivity contribution is 0.265. The van der Waals surface area contributed by atoms with Gasteiger partial charge in [-0.25, -0.2) is 14.1 Å². The van der Waals surface area contributed by atoms with Crippen molar-refractivity contribution in [2.75, 3.05) is 0 Å². The van der Waals surface area contributed by atoms with Crippen molar-refractivity contribution in [2.45, 2.75) is 138 Å². The summed E-state index contributed by atoms with van der Waals surface area (Å²) in [6, 6.07) is 1.76. The Morgan fingerprint density at radius 1 is 0.571 bits per heavy atom. The SMILES string of the molecule is CC(C)N(C(C)C)P(#CN=N[Si](C(C)C)(C(C)C)C(C)C)N(C(C)C)C(C)C. The molecule has 0 aliphatic rings. The highest BCUT2D eigenvalue weighted by Gasteiger charge is 2.44. The first-order valence-corrected chi connectivity index (χ1v) is 14.7. The van der Waals surface area contributed by atoms with Crippen molar-refractivity contribution in [3.05, 3.63) is 0 Å². The standard InChI is InChI=1S/C22H49N4PSi/c1-16(2)25(17(3)4)27(26(18(5)6)19(7)8)15-23-24-28(20(9)10,21(11)12)22(13)14/h16-22H,1-14H3. The summed E-state index contributed by atoms with van der Waals surface area (Å²) in [5.41, 5.74) is 1.71. The highest BCUT2D eigenvalue weighted by Crippen LogP contribution is 2.43. The first-order valence-electron chi connectivity index (χ1n) is 11.3. The van der Waals surface area contributed by atoms with E-state index in [-0.39, 0.29) is 0 Å². The van der Waals surface area contributed by atoms with Crippen LogP contribution in [0.25, 0.3) is 0 Å². The first-order chi connectivity index (χ1) is 12.7. The molecule has 0 aromatic carbocycles. The van der Waals surface area contributed by atoms with Crippen LogP contribution in [0.3, 0.4) is 0 Å². The van der Waals surface area contributed by atoms with Gasteiger partial charge in [0.2, 0.25) is 8.24 Å². The van der Waals surface area contributed by atoms with Crippen LogP contribution in [0.1, 0.15) is 96.9 Å². The van der Waals surface area contributed by atoms with E-state index in [1.807, 2.05) is 0 Å². The van der Waals surface area contributed by atoms with Gasteiger partial charge in [-0.2, -0.15) is 0 Å². The maximum absolute atomic E-state index is 5.11. The molecule has 0 saturated heterocycles. The molecule has 0 unspecified atom stereocenters. The fourth-order valence-electron chi connectivity index (χ4n) is 4.79. The first kappa shape index (κ1) is 27.8. The van der Waals surface area contributed by atoms with Crippen molar-refractivity contribution in [1.82, 2.24) is 9.34 Å². The molecule has 4 nitrogen and oxygen atoms in total. The second-order valence-corrected chi connectivity index (χ2v) is 17.2. The van der Waals surface area contributed by atoms with Crippen molar-refractivity contribution < 1.29 is 0 Å². The van der Waals surface area contributed by atoms with E-state index in [1.165, 1.54) is 0 Å². The predicted octanol–water partition coefficient (Wildman–Crippen LogP) is 8.08. The van der Waals surface area contributed by atoms with E-state index in [0.717, 1.165) is 0 Å². The zero-order valence-corrected chi connectivity index (χ0v) is 23.2. The summed E-state index contributed by atoms with van der Waals surface area (Å²) in [5, 5.41) is 4.76. The Balaban J connectivity index is 6.57. The summed E-state index contributed by atoms with van der Waals surface area (Å²) in [7, 11) is -2.68. The fourth-order valence-corrected chi connectivity index (χ4v) is 12.1. The number of hydrogen-bond acceptors (Lipinski definition) is 4. The van der Waals surface area contributed by atoms with Crippen LogP contribution in [0, 0.1) is 5.75 Å². The van der Waals surface area contributed by atoms with Gasteiger partial charge in [0.15, 0.2) is 0 Å². The van der Waals surface area contributed by atoms with E-state index in [0.29, 0.717) is 40.8 Å². The lowest BCUT2D eigenvalue weighted by atomic mass is 10.3. The summed E-state index contributed by atoms with van der Waals surface area (Å²) < 4.78 is 10.2. The molecule has 0 aromatic rings. The van der Waals surface area contributed by atoms with Gasteiger partial charge in [0.05, 0.1) is 13.4 Å². The zero-order chi connectivity index (χ0) is 22.4. The summed E-state index contributed by atoms with van der Waals surface area (Å²) in [6.45, 7) is 32.2. The lowest BCUT2D eigenvalue weighted by Crippen LogP contribution is -2.42. The molecular weight excluding hydrogens is 379 g/mol. The van der Waals surface area contributed by atoms with Gasteiger partial charge in [-0.05, 0) is 72.0 Å². The van der Waals surface area contributed by atoms with Gasteiger partial charge in [0.25, 0.3) is 0 Å². The second-order valence-electron chi connectivity index (χ2n) is 10.1. The van der Waals surface area contributed by atoms with Gasteiger partial charge in [-0.1, -0.05) is 41.5 Å². The normalized spacial score (nSPS) is 13.8. The largest absolute Gasteiger partial charge is 0.240 e. The van der Waals surface area contributed by atoms with Crippen molar-refractivity contribution in [3.8, 4) is 5.75 Å². The molecule has 0 saturated carbocycles. The molecule has 0 rings (SSSR count). The van der Waals surface area contributed by atoms with Crippen LogP contribution in [0.5, 0.6) is 0 Å². The Morgan fingerprint density at radius 2 is 0.857 bits per heavy atom. The van der Waals surface area contributed by atoms with Crippen LogP contribution in [0.2, 0.25) is 16.6 Å². The van der Waals surface area contributed by atoms with Gasteiger partial charge in [-0.3, -0.25) is 0 Å². The summed E-state index contributed by atoms with van der Waals surface area (Å²) in [5.74, 6) is 3.57. The fraction of sp³-hybridized carbons (Fsp3) is 0.955. The zero-order valence-electron chi connectivity index (χ0n) is 21.3. The topological polar surface area (TPSA) is 31.2 Å². The second kappa shape index (κ2) is 11.9. The van der Waals surface area contributed by atoms with Gasteiger partial charge < -0.3 is 0 Å². The third-order valence-corrected chi connectivity index (χ3v) is 14.7. The minimum atomic E-state index is -1.90. The van der Waals surface area contributed by atoms with E-state index in [2.05, 4.69) is 112 Å². The lowest BCUT2D eigenvalue weighted by Gasteiger charge is -2.40. The minimum absolute atomic E-state index is 0.441. The molecule has 0 spiro atoms. The molecule has 0 heterocycles. The molecule has 0 bridgehead atoms. The van der Waals surface area contributed by atoms with Gasteiger partial charge in [0.1, 0.15) is 0 Å². The molecule has 28 heavy (non-hydrogen) atoms. The van der Waals surface area contributed by atoms with E-state index < -0.39 is 15.9 Å². The third kappa shape index (κ3) is 6.67. The molecule has 0 aromatic heterocycles. The Morgan fingerprint density at radius 3 is 1.07 bits per heavy atom. The molecule has 0 fully saturated rings. The van der Waals surface area contributed by atoms with Crippen LogP contribution < -0.4 is 0 Å². The molecule has 0 amide bonds. The molecule has 166 valence electrons. The number of hydrogen-bond donors (Lipinski definition) is 0. The van der Waals surface area contributed by atoms with Crippen LogP contribution in [-0.2, 0) is 0 Å². The Hall–Kier alpha value is -0.183. The van der Waals surface area contributed by atoms with Crippen LogP contribution in [0.15, 0.2) is 9.89 Å². The number of rotatable bonds is 8. The maximum Gasteiger partial charge on any atom is 0.218 e. The van der Waals surface area contributed by atoms with E-state index in [1.54, 1.807) is 0 Å². The number of nitrogens with zero attached hydrogens (tertiary/aromatic N) is 4. The smallest absolute Gasteiger partial charge is 0.218 e. The monoisotopic (exact) mass is 428 g/mol. The van der Waals surface area contributed by atoms with Crippen molar-refractivity contribution in [2.24, 2.45) is 9.89 Å². The summed E-state index contributed by atoms with van der Waals surface area (Å²) in [6.07, 6.45) is 0. The molecule has 6 heteroatoms. The molecule has 0 aliphatic heterocycles. The van der Waals surface area contributed by atoms with Crippen molar-refractivity contribution in [1.29, 1.82) is 0 Å². The quantitative estimate of drug-likeness (QED) is 0.222. The molecule has 0 radical (unpaired) electrons. The highest BCUT2D eigenvalue weighted by atomic mass is 31.1. The molecule has 0 atom stereocenters. The Labute approximate surface area is 178 Å². The van der Waals surface area contributed by atoms with E-state index in [9.17, 15) is 0 Å². The van der Waals surface area contributed by atoms with Crippen LogP contribution in [0.4, 0.5) is 0 Å². The van der Waals surface area contributed by atoms with Gasteiger partial charge in [-0.15, -0.1) is 5.11 Å². The Bertz CT molecular complexity index is 506. The van der Waals surface area contributed by atoms with Crippen LogP contribution >= 0.6 is 7.68 Å². The predicted molar refractivity (Wildman–Crippen MR) is 131 cm³/mol. The average molecular weight is 429 g/mol. The van der Waals surface area contributed by atoms with Crippen molar-refractivity contribution in [3.63, 3.8) is 0 Å². The summed E-state index contributed by atoms with van der Waals surface area (Å²) in [4.78, 5) is 0. The molecular formula is C22H49N4PSi. The van der Waals surface area contributed by atoms with Crippen LogP contribution in [-0.4, -0.2) is 41.7 Å². The molecule has 0 aliphatic carbocycles. The van der Waals surface area contributed by atoms with Gasteiger partial charge >= 0.3 is 0 Å². The maximum atomic E-state index is 5.11. The molecule has 0 N–H and O–H groups in total.